The average molecular weight is 315 g/mol. The molecule has 24 heavy (non-hydrogen) atoms. The fourth-order valence-corrected chi connectivity index (χ4v) is 2.56. The van der Waals surface area contributed by atoms with Crippen molar-refractivity contribution in [2.45, 2.75) is 13.5 Å². The van der Waals surface area contributed by atoms with Gasteiger partial charge in [-0.2, -0.15) is 20.1 Å². The molecule has 2 aromatic carbocycles. The average Bonchev–Trinajstić information content (AvgIpc) is 3.27. The summed E-state index contributed by atoms with van der Waals surface area (Å²) in [5, 5.41) is 13.3. The molecule has 0 saturated heterocycles. The molecule has 118 valence electrons. The van der Waals surface area contributed by atoms with Crippen LogP contribution in [0.2, 0.25) is 0 Å². The molecule has 4 rings (SSSR count). The molecule has 2 aromatic heterocycles. The minimum Gasteiger partial charge on any atom is -0.266 e. The van der Waals surface area contributed by atoms with Crippen molar-refractivity contribution >= 4 is 0 Å². The van der Waals surface area contributed by atoms with Crippen molar-refractivity contribution < 1.29 is 0 Å². The van der Waals surface area contributed by atoms with Crippen LogP contribution in [0.3, 0.4) is 0 Å². The van der Waals surface area contributed by atoms with Gasteiger partial charge in [-0.15, -0.1) is 0 Å². The van der Waals surface area contributed by atoms with Crippen LogP contribution in [0.1, 0.15) is 11.3 Å². The Labute approximate surface area is 140 Å². The molecule has 0 spiro atoms. The van der Waals surface area contributed by atoms with Gasteiger partial charge >= 0.3 is 0 Å². The third kappa shape index (κ3) is 2.96. The lowest BCUT2D eigenvalue weighted by molar-refractivity contribution is 0.656. The minimum absolute atomic E-state index is 0.596. The van der Waals surface area contributed by atoms with E-state index in [1.54, 1.807) is 11.0 Å². The number of hydrogen-bond acceptors (Lipinski definition) is 3. The molecule has 0 saturated carbocycles. The van der Waals surface area contributed by atoms with Gasteiger partial charge in [0.25, 0.3) is 0 Å². The molecule has 0 amide bonds. The number of aryl methyl sites for hydroxylation is 1. The van der Waals surface area contributed by atoms with Crippen LogP contribution >= 0.6 is 0 Å². The third-order valence-electron chi connectivity index (χ3n) is 3.87. The van der Waals surface area contributed by atoms with Crippen molar-refractivity contribution in [3.63, 3.8) is 0 Å². The monoisotopic (exact) mass is 315 g/mol. The fourth-order valence-electron chi connectivity index (χ4n) is 2.56. The normalized spacial score (nSPS) is 10.9. The smallest absolute Gasteiger partial charge is 0.105 e. The molecule has 4 aromatic rings. The quantitative estimate of drug-likeness (QED) is 0.579. The van der Waals surface area contributed by atoms with E-state index in [-0.39, 0.29) is 0 Å². The van der Waals surface area contributed by atoms with Gasteiger partial charge in [0.1, 0.15) is 5.69 Å². The number of para-hydroxylation sites is 1. The van der Waals surface area contributed by atoms with Gasteiger partial charge in [0.15, 0.2) is 0 Å². The topological polar surface area (TPSA) is 48.5 Å². The first-order valence-corrected chi connectivity index (χ1v) is 7.84. The van der Waals surface area contributed by atoms with Gasteiger partial charge in [0.05, 0.1) is 24.6 Å². The fraction of sp³-hybridized carbons (Fsp3) is 0.105. The Kier molecular flexibility index (Phi) is 3.67. The van der Waals surface area contributed by atoms with Gasteiger partial charge in [0, 0.05) is 11.8 Å². The first kappa shape index (κ1) is 14.4. The summed E-state index contributed by atoms with van der Waals surface area (Å²) in [5.41, 5.74) is 5.34. The highest BCUT2D eigenvalue weighted by molar-refractivity contribution is 5.61. The van der Waals surface area contributed by atoms with Crippen molar-refractivity contribution in [2.75, 3.05) is 0 Å². The molecule has 0 aliphatic heterocycles. The SMILES string of the molecule is Cc1ccc(-c2cnn(Cc3cnn(-c4ccccc4)n3)c2)cc1. The number of nitrogens with zero attached hydrogens (tertiary/aromatic N) is 5. The van der Waals surface area contributed by atoms with Crippen molar-refractivity contribution in [2.24, 2.45) is 0 Å². The van der Waals surface area contributed by atoms with E-state index >= 15 is 0 Å². The van der Waals surface area contributed by atoms with Crippen molar-refractivity contribution in [1.29, 1.82) is 0 Å². The van der Waals surface area contributed by atoms with Gasteiger partial charge in [-0.1, -0.05) is 48.0 Å². The molecule has 0 fully saturated rings. The molecule has 0 radical (unpaired) electrons. The van der Waals surface area contributed by atoms with Gasteiger partial charge < -0.3 is 0 Å². The van der Waals surface area contributed by atoms with E-state index in [1.807, 2.05) is 47.4 Å². The second-order valence-electron chi connectivity index (χ2n) is 5.75. The summed E-state index contributed by atoms with van der Waals surface area (Å²) < 4.78 is 1.88. The maximum atomic E-state index is 4.51. The second-order valence-corrected chi connectivity index (χ2v) is 5.75. The largest absolute Gasteiger partial charge is 0.266 e. The van der Waals surface area contributed by atoms with Crippen molar-refractivity contribution in [1.82, 2.24) is 24.8 Å². The van der Waals surface area contributed by atoms with E-state index < -0.39 is 0 Å². The van der Waals surface area contributed by atoms with E-state index in [4.69, 9.17) is 0 Å². The second kappa shape index (κ2) is 6.12. The number of aromatic nitrogens is 5. The summed E-state index contributed by atoms with van der Waals surface area (Å²) in [5.74, 6) is 0. The minimum atomic E-state index is 0.596. The van der Waals surface area contributed by atoms with E-state index in [2.05, 4.69) is 46.5 Å². The van der Waals surface area contributed by atoms with E-state index in [9.17, 15) is 0 Å². The maximum Gasteiger partial charge on any atom is 0.105 e. The predicted octanol–water partition coefficient (Wildman–Crippen LogP) is 3.49. The van der Waals surface area contributed by atoms with Crippen LogP contribution in [-0.2, 0) is 6.54 Å². The molecular weight excluding hydrogens is 298 g/mol. The predicted molar refractivity (Wildman–Crippen MR) is 92.9 cm³/mol. The van der Waals surface area contributed by atoms with Gasteiger partial charge in [-0.3, -0.25) is 4.68 Å². The summed E-state index contributed by atoms with van der Waals surface area (Å²) in [6.45, 7) is 2.68. The van der Waals surface area contributed by atoms with Crippen LogP contribution < -0.4 is 0 Å². The van der Waals surface area contributed by atoms with Crippen molar-refractivity contribution in [3.8, 4) is 16.8 Å². The van der Waals surface area contributed by atoms with Crippen LogP contribution in [0.15, 0.2) is 73.2 Å². The summed E-state index contributed by atoms with van der Waals surface area (Å²) in [4.78, 5) is 1.64. The zero-order chi connectivity index (χ0) is 16.4. The molecule has 0 N–H and O–H groups in total. The molecule has 5 nitrogen and oxygen atoms in total. The molecule has 2 heterocycles. The first-order chi connectivity index (χ1) is 11.8. The first-order valence-electron chi connectivity index (χ1n) is 7.84. The summed E-state index contributed by atoms with van der Waals surface area (Å²) >= 11 is 0. The van der Waals surface area contributed by atoms with Crippen LogP contribution in [0, 0.1) is 6.92 Å². The molecule has 5 heteroatoms. The molecule has 0 bridgehead atoms. The Morgan fingerprint density at radius 2 is 1.62 bits per heavy atom. The summed E-state index contributed by atoms with van der Waals surface area (Å²) in [7, 11) is 0. The van der Waals surface area contributed by atoms with Crippen LogP contribution in [0.5, 0.6) is 0 Å². The molecular formula is C19H17N5. The molecule has 0 unspecified atom stereocenters. The molecule has 0 aliphatic carbocycles. The lowest BCUT2D eigenvalue weighted by Crippen LogP contribution is -2.03. The van der Waals surface area contributed by atoms with Crippen molar-refractivity contribution in [3.05, 3.63) is 84.4 Å². The lowest BCUT2D eigenvalue weighted by atomic mass is 10.1. The standard InChI is InChI=1S/C19H17N5/c1-15-7-9-16(10-8-15)17-11-20-23(13-17)14-18-12-21-24(22-18)19-5-3-2-4-6-19/h2-13H,14H2,1H3. The molecule has 0 atom stereocenters. The number of benzene rings is 2. The summed E-state index contributed by atoms with van der Waals surface area (Å²) in [6.07, 6.45) is 5.69. The Hall–Kier alpha value is -3.21. The Morgan fingerprint density at radius 1 is 0.833 bits per heavy atom. The zero-order valence-corrected chi connectivity index (χ0v) is 13.4. The Balaban J connectivity index is 1.52. The van der Waals surface area contributed by atoms with Gasteiger partial charge in [-0.05, 0) is 24.6 Å². The number of rotatable bonds is 4. The van der Waals surface area contributed by atoms with E-state index in [0.717, 1.165) is 16.9 Å². The summed E-state index contributed by atoms with van der Waals surface area (Å²) in [6, 6.07) is 18.3. The highest BCUT2D eigenvalue weighted by atomic mass is 15.5. The van der Waals surface area contributed by atoms with Crippen LogP contribution in [0.25, 0.3) is 16.8 Å². The van der Waals surface area contributed by atoms with Crippen LogP contribution in [0.4, 0.5) is 0 Å². The highest BCUT2D eigenvalue weighted by Gasteiger charge is 2.06. The highest BCUT2D eigenvalue weighted by Crippen LogP contribution is 2.19. The maximum absolute atomic E-state index is 4.51. The Bertz CT molecular complexity index is 935. The number of hydrogen-bond donors (Lipinski definition) is 0. The Morgan fingerprint density at radius 3 is 2.42 bits per heavy atom. The lowest BCUT2D eigenvalue weighted by Gasteiger charge is -1.99. The van der Waals surface area contributed by atoms with Crippen LogP contribution in [-0.4, -0.2) is 24.8 Å². The third-order valence-corrected chi connectivity index (χ3v) is 3.87. The zero-order valence-electron chi connectivity index (χ0n) is 13.4. The molecule has 0 aliphatic rings. The van der Waals surface area contributed by atoms with Gasteiger partial charge in [0.2, 0.25) is 0 Å². The van der Waals surface area contributed by atoms with E-state index in [0.29, 0.717) is 6.54 Å². The van der Waals surface area contributed by atoms with Gasteiger partial charge in [-0.25, -0.2) is 0 Å². The van der Waals surface area contributed by atoms with E-state index in [1.165, 1.54) is 11.1 Å².